The van der Waals surface area contributed by atoms with Crippen molar-refractivity contribution in [1.29, 1.82) is 0 Å². The van der Waals surface area contributed by atoms with Gasteiger partial charge in [0.15, 0.2) is 0 Å². The first-order valence-electron chi connectivity index (χ1n) is 22.0. The van der Waals surface area contributed by atoms with Crippen LogP contribution in [0.2, 0.25) is 0 Å². The molecule has 0 N–H and O–H groups in total. The average molecular weight is 797 g/mol. The number of benzene rings is 8. The van der Waals surface area contributed by atoms with Crippen molar-refractivity contribution in [3.05, 3.63) is 257 Å². The molecule has 0 heterocycles. The smallest absolute Gasteiger partial charge is 0.0468 e. The largest absolute Gasteiger partial charge is 0.311 e. The summed E-state index contributed by atoms with van der Waals surface area (Å²) in [6, 6.07) is 69.2. The molecule has 3 aliphatic rings. The number of nitrogens with zero attached hydrogens (tertiary/aromatic N) is 2. The Kier molecular flexibility index (Phi) is 9.62. The Hall–Kier alpha value is -7.42. The minimum atomic E-state index is 0.111. The molecule has 62 heavy (non-hydrogen) atoms. The quantitative estimate of drug-likeness (QED) is 0.151. The zero-order valence-corrected chi connectivity index (χ0v) is 35.2. The van der Waals surface area contributed by atoms with Crippen molar-refractivity contribution in [2.45, 2.75) is 26.7 Å². The van der Waals surface area contributed by atoms with E-state index in [0.29, 0.717) is 0 Å². The minimum Gasteiger partial charge on any atom is -0.311 e. The molecule has 0 spiro atoms. The van der Waals surface area contributed by atoms with Crippen LogP contribution in [0.5, 0.6) is 0 Å². The lowest BCUT2D eigenvalue weighted by Gasteiger charge is -2.38. The van der Waals surface area contributed by atoms with Crippen molar-refractivity contribution in [1.82, 2.24) is 0 Å². The first-order valence-corrected chi connectivity index (χ1v) is 22.0. The summed E-state index contributed by atoms with van der Waals surface area (Å²) in [5, 5.41) is 7.56. The normalized spacial score (nSPS) is 16.9. The molecule has 8 aromatic rings. The third-order valence-corrected chi connectivity index (χ3v) is 13.1. The van der Waals surface area contributed by atoms with Crippen LogP contribution in [0.15, 0.2) is 235 Å². The topological polar surface area (TPSA) is 6.48 Å². The molecule has 3 aliphatic carbocycles. The highest BCUT2D eigenvalue weighted by atomic mass is 15.2. The molecule has 8 aromatic carbocycles. The van der Waals surface area contributed by atoms with Gasteiger partial charge in [-0.1, -0.05) is 163 Å². The maximum Gasteiger partial charge on any atom is 0.0468 e. The van der Waals surface area contributed by atoms with Crippen LogP contribution < -0.4 is 20.2 Å². The van der Waals surface area contributed by atoms with Crippen molar-refractivity contribution in [2.75, 3.05) is 9.80 Å². The number of rotatable bonds is 8. The maximum atomic E-state index is 2.57. The van der Waals surface area contributed by atoms with E-state index in [1.54, 1.807) is 0 Å². The molecule has 2 nitrogen and oxygen atoms in total. The summed E-state index contributed by atoms with van der Waals surface area (Å²) < 4.78 is 0. The standard InChI is InChI=1S/C60H48N2/c1-41-21-25-45(26-22-41)59-55-35-33-54(62(50-19-7-4-8-20-50)52-32-30-44-14-10-12-16-48(44)38-52)40-58(55)60(46-27-23-42(2)24-28-46)56-36-34-53(39-57(56)59)61(49-17-5-3-6-18-49)51-31-29-43-13-9-11-15-47(43)37-51/h3-23,25-27,29-40,55,58H,24,28H2,1-2H3. The van der Waals surface area contributed by atoms with E-state index in [2.05, 4.69) is 242 Å². The summed E-state index contributed by atoms with van der Waals surface area (Å²) in [5.41, 5.74) is 15.1. The highest BCUT2D eigenvalue weighted by molar-refractivity contribution is 5.91. The first-order chi connectivity index (χ1) is 30.6. The van der Waals surface area contributed by atoms with Crippen molar-refractivity contribution in [3.63, 3.8) is 0 Å². The molecular formula is C60H48N2. The van der Waals surface area contributed by atoms with Crippen molar-refractivity contribution in [3.8, 4) is 0 Å². The lowest BCUT2D eigenvalue weighted by Crippen LogP contribution is -2.41. The SMILES string of the molecule is CC1=CC=C(C2=c3ccc(N(c4ccccc4)c4ccc5ccccc5c4)cc3=C(c3ccc(C)cc3)C3C=CC(N(c4ccccc4)c4ccc5ccccc5c4)=CC23)CC1. The van der Waals surface area contributed by atoms with Gasteiger partial charge in [-0.15, -0.1) is 0 Å². The predicted octanol–water partition coefficient (Wildman–Crippen LogP) is 14.3. The summed E-state index contributed by atoms with van der Waals surface area (Å²) in [5.74, 6) is 0.229. The second-order valence-corrected chi connectivity index (χ2v) is 17.0. The molecule has 11 rings (SSSR count). The van der Waals surface area contributed by atoms with Gasteiger partial charge < -0.3 is 9.80 Å². The van der Waals surface area contributed by atoms with Gasteiger partial charge in [-0.3, -0.25) is 0 Å². The van der Waals surface area contributed by atoms with Crippen LogP contribution in [0.1, 0.15) is 30.9 Å². The van der Waals surface area contributed by atoms with Gasteiger partial charge in [-0.25, -0.2) is 0 Å². The Morgan fingerprint density at radius 3 is 1.61 bits per heavy atom. The number of allylic oxidation sites excluding steroid dienone is 7. The van der Waals surface area contributed by atoms with Gasteiger partial charge >= 0.3 is 0 Å². The predicted molar refractivity (Wildman–Crippen MR) is 263 cm³/mol. The van der Waals surface area contributed by atoms with Gasteiger partial charge in [0.2, 0.25) is 0 Å². The molecule has 0 amide bonds. The Bertz CT molecular complexity index is 3260. The van der Waals surface area contributed by atoms with Crippen LogP contribution in [-0.2, 0) is 0 Å². The molecule has 298 valence electrons. The van der Waals surface area contributed by atoms with Crippen LogP contribution in [-0.4, -0.2) is 0 Å². The highest BCUT2D eigenvalue weighted by Gasteiger charge is 2.35. The van der Waals surface area contributed by atoms with Gasteiger partial charge in [0.05, 0.1) is 0 Å². The first kappa shape index (κ1) is 37.6. The molecule has 0 bridgehead atoms. The van der Waals surface area contributed by atoms with Crippen molar-refractivity contribution < 1.29 is 0 Å². The van der Waals surface area contributed by atoms with Gasteiger partial charge in [0, 0.05) is 46.0 Å². The van der Waals surface area contributed by atoms with E-state index in [9.17, 15) is 0 Å². The molecule has 0 aliphatic heterocycles. The fourth-order valence-corrected chi connectivity index (χ4v) is 9.96. The average Bonchev–Trinajstić information content (AvgIpc) is 3.32. The Balaban J connectivity index is 1.17. The summed E-state index contributed by atoms with van der Waals surface area (Å²) in [7, 11) is 0. The number of hydrogen-bond donors (Lipinski definition) is 0. The number of anilines is 5. The molecule has 0 radical (unpaired) electrons. The van der Waals surface area contributed by atoms with E-state index in [4.69, 9.17) is 0 Å². The molecular weight excluding hydrogens is 749 g/mol. The van der Waals surface area contributed by atoms with E-state index >= 15 is 0 Å². The summed E-state index contributed by atoms with van der Waals surface area (Å²) in [4.78, 5) is 4.87. The number of hydrogen-bond acceptors (Lipinski definition) is 2. The summed E-state index contributed by atoms with van der Waals surface area (Å²) in [6.07, 6.45) is 14.3. The number of aryl methyl sites for hydroxylation is 1. The van der Waals surface area contributed by atoms with Gasteiger partial charge in [-0.05, 0) is 148 Å². The summed E-state index contributed by atoms with van der Waals surface area (Å²) >= 11 is 0. The van der Waals surface area contributed by atoms with Crippen LogP contribution in [0.4, 0.5) is 28.4 Å². The number of para-hydroxylation sites is 2. The van der Waals surface area contributed by atoms with Gasteiger partial charge in [0.1, 0.15) is 0 Å². The maximum absolute atomic E-state index is 2.57. The molecule has 0 saturated heterocycles. The van der Waals surface area contributed by atoms with E-state index in [1.807, 2.05) is 0 Å². The molecule has 2 atom stereocenters. The summed E-state index contributed by atoms with van der Waals surface area (Å²) in [6.45, 7) is 4.45. The lowest BCUT2D eigenvalue weighted by atomic mass is 9.68. The number of fused-ring (bicyclic) bond motifs is 4. The zero-order chi connectivity index (χ0) is 41.6. The van der Waals surface area contributed by atoms with Crippen molar-refractivity contribution >= 4 is 61.1 Å². The van der Waals surface area contributed by atoms with E-state index in [-0.39, 0.29) is 11.8 Å². The Morgan fingerprint density at radius 2 is 0.984 bits per heavy atom. The van der Waals surface area contributed by atoms with E-state index < -0.39 is 0 Å². The molecule has 0 fully saturated rings. The zero-order valence-electron chi connectivity index (χ0n) is 35.2. The Morgan fingerprint density at radius 1 is 0.419 bits per heavy atom. The van der Waals surface area contributed by atoms with Gasteiger partial charge in [-0.2, -0.15) is 0 Å². The molecule has 2 heteroatoms. The molecule has 2 unspecified atom stereocenters. The minimum absolute atomic E-state index is 0.111. The Labute approximate surface area is 364 Å². The van der Waals surface area contributed by atoms with E-state index in [1.165, 1.54) is 71.1 Å². The fourth-order valence-electron chi connectivity index (χ4n) is 9.96. The third kappa shape index (κ3) is 6.88. The van der Waals surface area contributed by atoms with Crippen LogP contribution in [0, 0.1) is 18.8 Å². The third-order valence-electron chi connectivity index (χ3n) is 13.1. The van der Waals surface area contributed by atoms with E-state index in [0.717, 1.165) is 41.3 Å². The second-order valence-electron chi connectivity index (χ2n) is 17.0. The molecule has 0 aromatic heterocycles. The second kappa shape index (κ2) is 15.9. The highest BCUT2D eigenvalue weighted by Crippen LogP contribution is 2.46. The lowest BCUT2D eigenvalue weighted by molar-refractivity contribution is 0.671. The van der Waals surface area contributed by atoms with Crippen LogP contribution in [0.3, 0.4) is 0 Å². The van der Waals surface area contributed by atoms with Crippen molar-refractivity contribution in [2.24, 2.45) is 11.8 Å². The van der Waals surface area contributed by atoms with Crippen LogP contribution >= 0.6 is 0 Å². The van der Waals surface area contributed by atoms with Crippen LogP contribution in [0.25, 0.3) is 32.7 Å². The van der Waals surface area contributed by atoms with Gasteiger partial charge in [0.25, 0.3) is 0 Å². The molecule has 0 saturated carbocycles. The fraction of sp³-hybridized carbons (Fsp3) is 0.100. The monoisotopic (exact) mass is 796 g/mol.